The number of halogens is 1. The van der Waals surface area contributed by atoms with E-state index in [4.69, 9.17) is 4.74 Å². The zero-order chi connectivity index (χ0) is 20.9. The number of aryl methyl sites for hydroxylation is 2. The maximum atomic E-state index is 12.6. The Balaban J connectivity index is 1.31. The van der Waals surface area contributed by atoms with Crippen LogP contribution in [0.15, 0.2) is 28.8 Å². The number of imide groups is 1. The number of anilines is 1. The Hall–Kier alpha value is -2.48. The van der Waals surface area contributed by atoms with E-state index < -0.39 is 25.0 Å². The Morgan fingerprint density at radius 2 is 1.72 bits per heavy atom. The number of rotatable bonds is 5. The van der Waals surface area contributed by atoms with Crippen LogP contribution in [0.2, 0.25) is 0 Å². The fourth-order valence-corrected chi connectivity index (χ4v) is 5.00. The molecular formula is C21H21BrN2O5. The van der Waals surface area contributed by atoms with Crippen LogP contribution in [-0.4, -0.2) is 41.7 Å². The molecule has 1 aromatic rings. The third-order valence-corrected chi connectivity index (χ3v) is 6.85. The van der Waals surface area contributed by atoms with Crippen LogP contribution < -0.4 is 5.32 Å². The number of esters is 1. The highest BCUT2D eigenvalue weighted by Gasteiger charge is 2.59. The molecule has 2 aliphatic carbocycles. The topological polar surface area (TPSA) is 92.8 Å². The van der Waals surface area contributed by atoms with Crippen molar-refractivity contribution < 1.29 is 23.9 Å². The predicted molar refractivity (Wildman–Crippen MR) is 108 cm³/mol. The SMILES string of the molecule is Cc1cc(NC(=O)COC(=O)CN2C(=O)[C@@H]3[C@H](C2=O)[C@H]2C=C[C@H]3C2)c(C)cc1Br. The van der Waals surface area contributed by atoms with Crippen LogP contribution in [0.25, 0.3) is 0 Å². The maximum absolute atomic E-state index is 12.6. The molecular weight excluding hydrogens is 440 g/mol. The van der Waals surface area contributed by atoms with E-state index in [-0.39, 0.29) is 35.5 Å². The van der Waals surface area contributed by atoms with Gasteiger partial charge in [-0.25, -0.2) is 0 Å². The molecule has 0 unspecified atom stereocenters. The van der Waals surface area contributed by atoms with Gasteiger partial charge in [0.2, 0.25) is 11.8 Å². The molecule has 29 heavy (non-hydrogen) atoms. The second kappa shape index (κ2) is 7.40. The van der Waals surface area contributed by atoms with Crippen LogP contribution in [0.5, 0.6) is 0 Å². The van der Waals surface area contributed by atoms with Gasteiger partial charge < -0.3 is 10.1 Å². The number of nitrogens with zero attached hydrogens (tertiary/aromatic N) is 1. The van der Waals surface area contributed by atoms with Crippen molar-refractivity contribution in [3.63, 3.8) is 0 Å². The molecule has 0 radical (unpaired) electrons. The van der Waals surface area contributed by atoms with Gasteiger partial charge in [0.05, 0.1) is 11.8 Å². The average molecular weight is 461 g/mol. The summed E-state index contributed by atoms with van der Waals surface area (Å²) < 4.78 is 5.94. The van der Waals surface area contributed by atoms with Crippen LogP contribution >= 0.6 is 15.9 Å². The van der Waals surface area contributed by atoms with E-state index >= 15 is 0 Å². The van der Waals surface area contributed by atoms with Crippen molar-refractivity contribution in [3.05, 3.63) is 39.9 Å². The van der Waals surface area contributed by atoms with Gasteiger partial charge in [0.25, 0.3) is 5.91 Å². The van der Waals surface area contributed by atoms with Gasteiger partial charge in [-0.2, -0.15) is 0 Å². The standard InChI is InChI=1S/C21H21BrN2O5/c1-10-6-15(11(2)5-14(10)22)23-16(25)9-29-17(26)8-24-20(27)18-12-3-4-13(7-12)19(18)21(24)28/h3-6,12-13,18-19H,7-9H2,1-2H3,(H,23,25)/t12-,13-,18-,19+/m0/s1. The predicted octanol–water partition coefficient (Wildman–Crippen LogP) is 2.35. The Morgan fingerprint density at radius 3 is 2.34 bits per heavy atom. The molecule has 3 amide bonds. The van der Waals surface area contributed by atoms with Crippen LogP contribution in [-0.2, 0) is 23.9 Å². The minimum atomic E-state index is -0.772. The first-order chi connectivity index (χ1) is 13.8. The van der Waals surface area contributed by atoms with E-state index in [9.17, 15) is 19.2 Å². The molecule has 1 heterocycles. The fourth-order valence-electron chi connectivity index (χ4n) is 4.54. The first-order valence-electron chi connectivity index (χ1n) is 9.52. The van der Waals surface area contributed by atoms with E-state index in [2.05, 4.69) is 21.2 Å². The van der Waals surface area contributed by atoms with Gasteiger partial charge in [0.15, 0.2) is 6.61 Å². The zero-order valence-electron chi connectivity index (χ0n) is 16.1. The molecule has 0 spiro atoms. The van der Waals surface area contributed by atoms with Crippen molar-refractivity contribution >= 4 is 45.3 Å². The normalized spacial score (nSPS) is 26.8. The summed E-state index contributed by atoms with van der Waals surface area (Å²) in [6.45, 7) is 2.83. The molecule has 3 aliphatic rings. The number of fused-ring (bicyclic) bond motifs is 5. The summed E-state index contributed by atoms with van der Waals surface area (Å²) in [6.07, 6.45) is 4.82. The maximum Gasteiger partial charge on any atom is 0.326 e. The summed E-state index contributed by atoms with van der Waals surface area (Å²) in [5.41, 5.74) is 2.46. The Labute approximate surface area is 176 Å². The molecule has 1 aromatic carbocycles. The second-order valence-electron chi connectivity index (χ2n) is 7.89. The number of carbonyl (C=O) groups is 4. The molecule has 4 rings (SSSR count). The molecule has 1 saturated heterocycles. The minimum absolute atomic E-state index is 0.0888. The monoisotopic (exact) mass is 460 g/mol. The first-order valence-corrected chi connectivity index (χ1v) is 10.3. The van der Waals surface area contributed by atoms with Crippen molar-refractivity contribution in [2.24, 2.45) is 23.7 Å². The third-order valence-electron chi connectivity index (χ3n) is 5.99. The number of amides is 3. The van der Waals surface area contributed by atoms with Crippen LogP contribution in [0, 0.1) is 37.5 Å². The largest absolute Gasteiger partial charge is 0.454 e. The number of likely N-dealkylation sites (tertiary alicyclic amines) is 1. The lowest BCUT2D eigenvalue weighted by atomic mass is 9.85. The lowest BCUT2D eigenvalue weighted by Gasteiger charge is -2.16. The average Bonchev–Trinajstić information content (AvgIpc) is 3.34. The fraction of sp³-hybridized carbons (Fsp3) is 0.429. The quantitative estimate of drug-likeness (QED) is 0.413. The van der Waals surface area contributed by atoms with Gasteiger partial charge in [-0.3, -0.25) is 24.1 Å². The molecule has 2 bridgehead atoms. The van der Waals surface area contributed by atoms with E-state index in [0.29, 0.717) is 5.69 Å². The number of hydrogen-bond acceptors (Lipinski definition) is 5. The van der Waals surface area contributed by atoms with E-state index in [0.717, 1.165) is 26.9 Å². The van der Waals surface area contributed by atoms with Crippen molar-refractivity contribution in [1.29, 1.82) is 0 Å². The van der Waals surface area contributed by atoms with Gasteiger partial charge in [-0.05, 0) is 55.4 Å². The highest BCUT2D eigenvalue weighted by Crippen LogP contribution is 2.52. The number of ether oxygens (including phenoxy) is 1. The van der Waals surface area contributed by atoms with Gasteiger partial charge in [-0.1, -0.05) is 28.1 Å². The van der Waals surface area contributed by atoms with Crippen LogP contribution in [0.1, 0.15) is 17.5 Å². The smallest absolute Gasteiger partial charge is 0.326 e. The van der Waals surface area contributed by atoms with Gasteiger partial charge in [0.1, 0.15) is 6.54 Å². The number of hydrogen-bond donors (Lipinski definition) is 1. The third kappa shape index (κ3) is 3.50. The van der Waals surface area contributed by atoms with Crippen molar-refractivity contribution in [1.82, 2.24) is 4.90 Å². The second-order valence-corrected chi connectivity index (χ2v) is 8.74. The highest BCUT2D eigenvalue weighted by atomic mass is 79.9. The molecule has 0 aromatic heterocycles. The molecule has 1 aliphatic heterocycles. The summed E-state index contributed by atoms with van der Waals surface area (Å²) >= 11 is 3.43. The number of nitrogens with one attached hydrogen (secondary N) is 1. The zero-order valence-corrected chi connectivity index (χ0v) is 17.7. The lowest BCUT2D eigenvalue weighted by Crippen LogP contribution is -2.38. The van der Waals surface area contributed by atoms with Crippen LogP contribution in [0.3, 0.4) is 0 Å². The molecule has 2 fully saturated rings. The van der Waals surface area contributed by atoms with E-state index in [1.54, 1.807) is 0 Å². The Morgan fingerprint density at radius 1 is 1.10 bits per heavy atom. The van der Waals surface area contributed by atoms with Gasteiger partial charge in [-0.15, -0.1) is 0 Å². The molecule has 8 heteroatoms. The summed E-state index contributed by atoms with van der Waals surface area (Å²) in [6, 6.07) is 3.71. The summed E-state index contributed by atoms with van der Waals surface area (Å²) in [5.74, 6) is -2.39. The number of benzene rings is 1. The minimum Gasteiger partial charge on any atom is -0.454 e. The van der Waals surface area contributed by atoms with Crippen molar-refractivity contribution in [2.45, 2.75) is 20.3 Å². The Kier molecular flexibility index (Phi) is 5.06. The molecule has 4 atom stereocenters. The summed E-state index contributed by atoms with van der Waals surface area (Å²) in [5, 5.41) is 2.70. The summed E-state index contributed by atoms with van der Waals surface area (Å²) in [7, 11) is 0. The summed E-state index contributed by atoms with van der Waals surface area (Å²) in [4.78, 5) is 50.4. The van der Waals surface area contributed by atoms with Gasteiger partial charge >= 0.3 is 5.97 Å². The molecule has 7 nitrogen and oxygen atoms in total. The Bertz CT molecular complexity index is 927. The van der Waals surface area contributed by atoms with E-state index in [1.807, 2.05) is 38.1 Å². The van der Waals surface area contributed by atoms with E-state index in [1.165, 1.54) is 0 Å². The molecule has 1 N–H and O–H groups in total. The van der Waals surface area contributed by atoms with Gasteiger partial charge in [0, 0.05) is 10.2 Å². The lowest BCUT2D eigenvalue weighted by molar-refractivity contribution is -0.154. The number of carbonyl (C=O) groups excluding carboxylic acids is 4. The van der Waals surface area contributed by atoms with Crippen LogP contribution in [0.4, 0.5) is 5.69 Å². The van der Waals surface area contributed by atoms with Crippen molar-refractivity contribution in [3.8, 4) is 0 Å². The molecule has 1 saturated carbocycles. The highest BCUT2D eigenvalue weighted by molar-refractivity contribution is 9.10. The van der Waals surface area contributed by atoms with Crippen molar-refractivity contribution in [2.75, 3.05) is 18.5 Å². The number of allylic oxidation sites excluding steroid dienone is 2. The first kappa shape index (κ1) is 19.8. The molecule has 152 valence electrons.